The highest BCUT2D eigenvalue weighted by Gasteiger charge is 2.15. The molecule has 0 amide bonds. The Bertz CT molecular complexity index is 2520. The molecule has 7 aromatic carbocycles. The third-order valence-corrected chi connectivity index (χ3v) is 11.2. The molecule has 0 saturated heterocycles. The third-order valence-electron chi connectivity index (χ3n) is 10.1. The summed E-state index contributed by atoms with van der Waals surface area (Å²) in [7, 11) is 0. The van der Waals surface area contributed by atoms with Crippen molar-refractivity contribution < 1.29 is 0 Å². The number of allylic oxidation sites excluding steroid dienone is 4. The van der Waals surface area contributed by atoms with Crippen molar-refractivity contribution in [3.8, 4) is 33.4 Å². The predicted octanol–water partition coefficient (Wildman–Crippen LogP) is 14.5. The van der Waals surface area contributed by atoms with E-state index in [2.05, 4.69) is 200 Å². The molecule has 9 rings (SSSR count). The molecule has 8 aromatic rings. The number of hydrogen-bond acceptors (Lipinski definition) is 2. The van der Waals surface area contributed by atoms with E-state index in [9.17, 15) is 0 Å². The highest BCUT2D eigenvalue weighted by Crippen LogP contribution is 2.39. The molecule has 51 heavy (non-hydrogen) atoms. The first kappa shape index (κ1) is 31.1. The topological polar surface area (TPSA) is 3.24 Å². The minimum absolute atomic E-state index is 0.565. The number of rotatable bonds is 7. The van der Waals surface area contributed by atoms with Crippen molar-refractivity contribution in [3.63, 3.8) is 0 Å². The molecule has 1 aromatic heterocycles. The van der Waals surface area contributed by atoms with Crippen LogP contribution in [-0.2, 0) is 0 Å². The Kier molecular flexibility index (Phi) is 8.16. The summed E-state index contributed by atoms with van der Waals surface area (Å²) >= 11 is 1.86. The fourth-order valence-electron chi connectivity index (χ4n) is 7.33. The Morgan fingerprint density at radius 2 is 0.922 bits per heavy atom. The van der Waals surface area contributed by atoms with Gasteiger partial charge < -0.3 is 4.90 Å². The van der Waals surface area contributed by atoms with Crippen LogP contribution in [0, 0.1) is 5.92 Å². The van der Waals surface area contributed by atoms with Crippen molar-refractivity contribution >= 4 is 54.1 Å². The zero-order chi connectivity index (χ0) is 34.1. The molecule has 0 radical (unpaired) electrons. The summed E-state index contributed by atoms with van der Waals surface area (Å²) in [5.74, 6) is 0.565. The number of nitrogens with zero attached hydrogens (tertiary/aromatic N) is 1. The molecule has 1 atom stereocenters. The van der Waals surface area contributed by atoms with E-state index in [1.54, 1.807) is 0 Å². The second-order valence-corrected chi connectivity index (χ2v) is 14.6. The molecule has 0 N–H and O–H groups in total. The van der Waals surface area contributed by atoms with Gasteiger partial charge in [0.15, 0.2) is 0 Å². The van der Waals surface area contributed by atoms with Gasteiger partial charge in [-0.2, -0.15) is 0 Å². The quantitative estimate of drug-likeness (QED) is 0.163. The van der Waals surface area contributed by atoms with Gasteiger partial charge >= 0.3 is 0 Å². The molecule has 0 spiro atoms. The summed E-state index contributed by atoms with van der Waals surface area (Å²) in [6.45, 7) is 2.28. The van der Waals surface area contributed by atoms with Crippen molar-refractivity contribution in [2.45, 2.75) is 13.3 Å². The minimum Gasteiger partial charge on any atom is -0.311 e. The van der Waals surface area contributed by atoms with Gasteiger partial charge in [-0.15, -0.1) is 11.3 Å². The Labute approximate surface area is 304 Å². The van der Waals surface area contributed by atoms with Crippen molar-refractivity contribution in [3.05, 3.63) is 194 Å². The monoisotopic (exact) mass is 671 g/mol. The fraction of sp³-hybridized carbons (Fsp3) is 0.0612. The summed E-state index contributed by atoms with van der Waals surface area (Å²) in [6, 6.07) is 62.1. The van der Waals surface area contributed by atoms with Crippen molar-refractivity contribution in [1.82, 2.24) is 0 Å². The zero-order valence-electron chi connectivity index (χ0n) is 28.5. The SMILES string of the molecule is C[C@@H]1C=CC=C(c2ccc(N(c3ccc(-c4ccccc4)cc3)c3ccc(-c4ccc(-c5ccc6sc7ccccc7c6c5)cc4)cc3)cc2)C1. The molecule has 0 aliphatic heterocycles. The van der Waals surface area contributed by atoms with E-state index >= 15 is 0 Å². The maximum Gasteiger partial charge on any atom is 0.0462 e. The van der Waals surface area contributed by atoms with Crippen molar-refractivity contribution in [1.29, 1.82) is 0 Å². The van der Waals surface area contributed by atoms with Gasteiger partial charge in [0, 0.05) is 37.2 Å². The molecule has 1 aliphatic rings. The van der Waals surface area contributed by atoms with Crippen LogP contribution in [0.25, 0.3) is 59.1 Å². The van der Waals surface area contributed by atoms with E-state index in [0.29, 0.717) is 5.92 Å². The first-order valence-electron chi connectivity index (χ1n) is 17.7. The van der Waals surface area contributed by atoms with Crippen LogP contribution in [0.1, 0.15) is 18.9 Å². The lowest BCUT2D eigenvalue weighted by molar-refractivity contribution is 0.749. The average molecular weight is 672 g/mol. The number of fused-ring (bicyclic) bond motifs is 3. The molecule has 2 heteroatoms. The van der Waals surface area contributed by atoms with Gasteiger partial charge in [-0.25, -0.2) is 0 Å². The first-order chi connectivity index (χ1) is 25.2. The van der Waals surface area contributed by atoms with Gasteiger partial charge in [0.25, 0.3) is 0 Å². The van der Waals surface area contributed by atoms with Crippen LogP contribution < -0.4 is 4.90 Å². The molecule has 244 valence electrons. The first-order valence-corrected chi connectivity index (χ1v) is 18.5. The fourth-order valence-corrected chi connectivity index (χ4v) is 8.41. The lowest BCUT2D eigenvalue weighted by Crippen LogP contribution is -2.10. The highest BCUT2D eigenvalue weighted by molar-refractivity contribution is 7.25. The molecule has 1 nitrogen and oxygen atoms in total. The summed E-state index contributed by atoms with van der Waals surface area (Å²) in [5.41, 5.74) is 13.4. The van der Waals surface area contributed by atoms with Crippen LogP contribution in [0.2, 0.25) is 0 Å². The second-order valence-electron chi connectivity index (χ2n) is 13.5. The summed E-state index contributed by atoms with van der Waals surface area (Å²) < 4.78 is 2.68. The van der Waals surface area contributed by atoms with Crippen molar-refractivity contribution in [2.75, 3.05) is 4.90 Å². The molecule has 1 aliphatic carbocycles. The largest absolute Gasteiger partial charge is 0.311 e. The van der Waals surface area contributed by atoms with Crippen molar-refractivity contribution in [2.24, 2.45) is 5.92 Å². The average Bonchev–Trinajstić information content (AvgIpc) is 3.57. The highest BCUT2D eigenvalue weighted by atomic mass is 32.1. The summed E-state index contributed by atoms with van der Waals surface area (Å²) in [5, 5.41) is 2.67. The van der Waals surface area contributed by atoms with Crippen LogP contribution in [0.3, 0.4) is 0 Å². The van der Waals surface area contributed by atoms with Gasteiger partial charge in [-0.1, -0.05) is 140 Å². The van der Waals surface area contributed by atoms with Crippen LogP contribution in [0.4, 0.5) is 17.1 Å². The number of thiophene rings is 1. The molecule has 0 saturated carbocycles. The van der Waals surface area contributed by atoms with Crippen LogP contribution in [-0.4, -0.2) is 0 Å². The molecular formula is C49H37NS. The number of hydrogen-bond donors (Lipinski definition) is 0. The van der Waals surface area contributed by atoms with Gasteiger partial charge in [-0.05, 0) is 111 Å². The van der Waals surface area contributed by atoms with E-state index in [-0.39, 0.29) is 0 Å². The summed E-state index contributed by atoms with van der Waals surface area (Å²) in [4.78, 5) is 2.35. The maximum atomic E-state index is 2.35. The lowest BCUT2D eigenvalue weighted by Gasteiger charge is -2.26. The smallest absolute Gasteiger partial charge is 0.0462 e. The normalized spacial score (nSPS) is 14.1. The van der Waals surface area contributed by atoms with E-state index in [1.807, 2.05) is 11.3 Å². The Balaban J connectivity index is 1.02. The zero-order valence-corrected chi connectivity index (χ0v) is 29.4. The Morgan fingerprint density at radius 1 is 0.451 bits per heavy atom. The van der Waals surface area contributed by atoms with Crippen LogP contribution >= 0.6 is 11.3 Å². The molecule has 0 bridgehead atoms. The number of anilines is 3. The van der Waals surface area contributed by atoms with Crippen LogP contribution in [0.15, 0.2) is 188 Å². The van der Waals surface area contributed by atoms with Gasteiger partial charge in [0.1, 0.15) is 0 Å². The lowest BCUT2D eigenvalue weighted by atomic mass is 9.91. The van der Waals surface area contributed by atoms with Crippen LogP contribution in [0.5, 0.6) is 0 Å². The van der Waals surface area contributed by atoms with E-state index in [4.69, 9.17) is 0 Å². The predicted molar refractivity (Wildman–Crippen MR) is 221 cm³/mol. The van der Waals surface area contributed by atoms with Gasteiger partial charge in [-0.3, -0.25) is 0 Å². The molecular weight excluding hydrogens is 635 g/mol. The minimum atomic E-state index is 0.565. The van der Waals surface area contributed by atoms with E-state index in [0.717, 1.165) is 23.5 Å². The Hall–Kier alpha value is -5.96. The van der Waals surface area contributed by atoms with Gasteiger partial charge in [0.05, 0.1) is 0 Å². The van der Waals surface area contributed by atoms with Gasteiger partial charge in [0.2, 0.25) is 0 Å². The molecule has 0 fully saturated rings. The molecule has 0 unspecified atom stereocenters. The van der Waals surface area contributed by atoms with E-state index in [1.165, 1.54) is 64.7 Å². The molecule has 1 heterocycles. The Morgan fingerprint density at radius 3 is 1.53 bits per heavy atom. The third kappa shape index (κ3) is 6.20. The van der Waals surface area contributed by atoms with E-state index < -0.39 is 0 Å². The maximum absolute atomic E-state index is 2.35. The summed E-state index contributed by atoms with van der Waals surface area (Å²) in [6.07, 6.45) is 7.80. The second kappa shape index (κ2) is 13.4. The number of benzene rings is 7. The standard InChI is InChI=1S/C49H37NS/c1-34-8-7-11-41(32-34)40-22-29-45(30-23-40)50(43-25-18-37(19-26-43)35-9-3-2-4-10-35)44-27-20-38(21-28-44)36-14-16-39(17-15-36)42-24-31-49-47(33-42)46-12-5-6-13-48(46)51-49/h2-31,33-34H,32H2,1H3/t34-/m1/s1.